The standard InChI is InChI=1S/C8H18N2O4S/c1-6(11)5-10-8(12)7(9)3-4-15(2,13)14/h6-7,11H,3-5,9H2,1-2H3,(H,10,12). The summed E-state index contributed by atoms with van der Waals surface area (Å²) in [5.74, 6) is -0.560. The monoisotopic (exact) mass is 238 g/mol. The van der Waals surface area contributed by atoms with E-state index in [0.717, 1.165) is 6.26 Å². The molecule has 1 amide bonds. The third kappa shape index (κ3) is 8.34. The highest BCUT2D eigenvalue weighted by molar-refractivity contribution is 7.90. The van der Waals surface area contributed by atoms with Crippen molar-refractivity contribution in [1.82, 2.24) is 5.32 Å². The number of aliphatic hydroxyl groups excluding tert-OH is 1. The Morgan fingerprint density at radius 2 is 2.07 bits per heavy atom. The smallest absolute Gasteiger partial charge is 0.237 e. The van der Waals surface area contributed by atoms with E-state index in [2.05, 4.69) is 5.32 Å². The summed E-state index contributed by atoms with van der Waals surface area (Å²) in [5.41, 5.74) is 5.45. The van der Waals surface area contributed by atoms with Crippen LogP contribution >= 0.6 is 0 Å². The fraction of sp³-hybridized carbons (Fsp3) is 0.875. The lowest BCUT2D eigenvalue weighted by Gasteiger charge is -2.12. The fourth-order valence-corrected chi connectivity index (χ4v) is 1.53. The van der Waals surface area contributed by atoms with E-state index < -0.39 is 27.9 Å². The van der Waals surface area contributed by atoms with Gasteiger partial charge in [-0.25, -0.2) is 8.42 Å². The zero-order valence-electron chi connectivity index (χ0n) is 8.93. The molecule has 0 aliphatic carbocycles. The van der Waals surface area contributed by atoms with Gasteiger partial charge in [0.2, 0.25) is 5.91 Å². The minimum Gasteiger partial charge on any atom is -0.392 e. The van der Waals surface area contributed by atoms with Crippen LogP contribution in [0.25, 0.3) is 0 Å². The van der Waals surface area contributed by atoms with Crippen LogP contribution in [0, 0.1) is 0 Å². The molecular weight excluding hydrogens is 220 g/mol. The number of nitrogens with two attached hydrogens (primary N) is 1. The molecule has 2 unspecified atom stereocenters. The number of carbonyl (C=O) groups is 1. The lowest BCUT2D eigenvalue weighted by molar-refractivity contribution is -0.122. The molecule has 90 valence electrons. The summed E-state index contributed by atoms with van der Waals surface area (Å²) in [5, 5.41) is 11.3. The minimum absolute atomic E-state index is 0.0878. The molecule has 15 heavy (non-hydrogen) atoms. The van der Waals surface area contributed by atoms with Crippen LogP contribution in [0.15, 0.2) is 0 Å². The molecule has 0 aliphatic heterocycles. The first-order chi connectivity index (χ1) is 6.72. The lowest BCUT2D eigenvalue weighted by Crippen LogP contribution is -2.43. The third-order valence-electron chi connectivity index (χ3n) is 1.71. The number of carbonyl (C=O) groups excluding carboxylic acids is 1. The molecule has 0 aromatic rings. The summed E-state index contributed by atoms with van der Waals surface area (Å²) in [6, 6.07) is -0.849. The summed E-state index contributed by atoms with van der Waals surface area (Å²) in [6.07, 6.45) is 0.536. The SMILES string of the molecule is CC(O)CNC(=O)C(N)CCS(C)(=O)=O. The van der Waals surface area contributed by atoms with Crippen LogP contribution < -0.4 is 11.1 Å². The third-order valence-corrected chi connectivity index (χ3v) is 2.69. The number of aliphatic hydroxyl groups is 1. The number of hydrogen-bond donors (Lipinski definition) is 3. The van der Waals surface area contributed by atoms with Crippen molar-refractivity contribution in [2.24, 2.45) is 5.73 Å². The average molecular weight is 238 g/mol. The molecule has 7 heteroatoms. The number of hydrogen-bond acceptors (Lipinski definition) is 5. The molecule has 0 bridgehead atoms. The van der Waals surface area contributed by atoms with E-state index >= 15 is 0 Å². The Morgan fingerprint density at radius 1 is 1.53 bits per heavy atom. The predicted molar refractivity (Wildman–Crippen MR) is 57.0 cm³/mol. The van der Waals surface area contributed by atoms with Gasteiger partial charge in [-0.15, -0.1) is 0 Å². The summed E-state index contributed by atoms with van der Waals surface area (Å²) < 4.78 is 21.6. The van der Waals surface area contributed by atoms with E-state index in [4.69, 9.17) is 10.8 Å². The molecule has 0 spiro atoms. The average Bonchev–Trinajstić information content (AvgIpc) is 2.08. The highest BCUT2D eigenvalue weighted by Crippen LogP contribution is 1.94. The van der Waals surface area contributed by atoms with Gasteiger partial charge in [-0.1, -0.05) is 0 Å². The van der Waals surface area contributed by atoms with Gasteiger partial charge in [0, 0.05) is 12.8 Å². The van der Waals surface area contributed by atoms with Gasteiger partial charge in [0.1, 0.15) is 9.84 Å². The first-order valence-corrected chi connectivity index (χ1v) is 6.67. The van der Waals surface area contributed by atoms with Gasteiger partial charge < -0.3 is 16.2 Å². The van der Waals surface area contributed by atoms with E-state index in [1.54, 1.807) is 0 Å². The van der Waals surface area contributed by atoms with E-state index in [9.17, 15) is 13.2 Å². The Hall–Kier alpha value is -0.660. The molecule has 0 saturated heterocycles. The first kappa shape index (κ1) is 14.3. The van der Waals surface area contributed by atoms with Gasteiger partial charge in [0.05, 0.1) is 17.9 Å². The van der Waals surface area contributed by atoms with Crippen molar-refractivity contribution >= 4 is 15.7 Å². The van der Waals surface area contributed by atoms with Gasteiger partial charge in [-0.05, 0) is 13.3 Å². The molecule has 0 rings (SSSR count). The molecule has 6 nitrogen and oxygen atoms in total. The van der Waals surface area contributed by atoms with E-state index in [1.165, 1.54) is 6.92 Å². The van der Waals surface area contributed by atoms with Crippen molar-refractivity contribution in [3.05, 3.63) is 0 Å². The van der Waals surface area contributed by atoms with Crippen molar-refractivity contribution in [1.29, 1.82) is 0 Å². The maximum absolute atomic E-state index is 11.2. The van der Waals surface area contributed by atoms with Crippen molar-refractivity contribution < 1.29 is 18.3 Å². The highest BCUT2D eigenvalue weighted by atomic mass is 32.2. The normalized spacial score (nSPS) is 15.7. The molecule has 2 atom stereocenters. The zero-order chi connectivity index (χ0) is 12.1. The van der Waals surface area contributed by atoms with Crippen LogP contribution in [0.3, 0.4) is 0 Å². The Balaban J connectivity index is 3.90. The summed E-state index contributed by atoms with van der Waals surface area (Å²) in [4.78, 5) is 11.2. The fourth-order valence-electron chi connectivity index (χ4n) is 0.852. The van der Waals surface area contributed by atoms with Crippen LogP contribution in [0.4, 0.5) is 0 Å². The van der Waals surface area contributed by atoms with Crippen LogP contribution in [0.5, 0.6) is 0 Å². The van der Waals surface area contributed by atoms with Crippen LogP contribution in [-0.4, -0.2) is 50.1 Å². The number of amides is 1. The molecule has 0 saturated carbocycles. The molecule has 0 aromatic carbocycles. The second-order valence-corrected chi connectivity index (χ2v) is 5.88. The quantitative estimate of drug-likeness (QED) is 0.508. The second kappa shape index (κ2) is 6.04. The molecule has 0 aromatic heterocycles. The maximum atomic E-state index is 11.2. The molecular formula is C8H18N2O4S. The molecule has 0 radical (unpaired) electrons. The van der Waals surface area contributed by atoms with E-state index in [0.29, 0.717) is 0 Å². The Labute approximate surface area is 89.8 Å². The summed E-state index contributed by atoms with van der Waals surface area (Å²) >= 11 is 0. The maximum Gasteiger partial charge on any atom is 0.237 e. The molecule has 0 fully saturated rings. The van der Waals surface area contributed by atoms with Crippen LogP contribution in [-0.2, 0) is 14.6 Å². The predicted octanol–water partition coefficient (Wildman–Crippen LogP) is -1.75. The number of nitrogens with one attached hydrogen (secondary N) is 1. The summed E-state index contributed by atoms with van der Waals surface area (Å²) in [7, 11) is -3.09. The van der Waals surface area contributed by atoms with Gasteiger partial charge >= 0.3 is 0 Å². The van der Waals surface area contributed by atoms with Crippen LogP contribution in [0.2, 0.25) is 0 Å². The number of rotatable bonds is 6. The van der Waals surface area contributed by atoms with Crippen molar-refractivity contribution in [3.8, 4) is 0 Å². The Morgan fingerprint density at radius 3 is 2.47 bits per heavy atom. The largest absolute Gasteiger partial charge is 0.392 e. The van der Waals surface area contributed by atoms with Gasteiger partial charge in [-0.3, -0.25) is 4.79 Å². The lowest BCUT2D eigenvalue weighted by atomic mass is 10.2. The topological polar surface area (TPSA) is 109 Å². The van der Waals surface area contributed by atoms with E-state index in [1.807, 2.05) is 0 Å². The Bertz CT molecular complexity index is 300. The van der Waals surface area contributed by atoms with Gasteiger partial charge in [0.25, 0.3) is 0 Å². The molecule has 0 heterocycles. The van der Waals surface area contributed by atoms with Gasteiger partial charge in [0.15, 0.2) is 0 Å². The Kier molecular flexibility index (Phi) is 5.77. The van der Waals surface area contributed by atoms with E-state index in [-0.39, 0.29) is 18.7 Å². The van der Waals surface area contributed by atoms with Crippen molar-refractivity contribution in [2.45, 2.75) is 25.5 Å². The second-order valence-electron chi connectivity index (χ2n) is 3.62. The molecule has 4 N–H and O–H groups in total. The van der Waals surface area contributed by atoms with Crippen molar-refractivity contribution in [3.63, 3.8) is 0 Å². The van der Waals surface area contributed by atoms with Gasteiger partial charge in [-0.2, -0.15) is 0 Å². The minimum atomic E-state index is -3.09. The number of sulfone groups is 1. The van der Waals surface area contributed by atoms with Crippen molar-refractivity contribution in [2.75, 3.05) is 18.6 Å². The first-order valence-electron chi connectivity index (χ1n) is 4.61. The zero-order valence-corrected chi connectivity index (χ0v) is 9.75. The van der Waals surface area contributed by atoms with Crippen LogP contribution in [0.1, 0.15) is 13.3 Å². The highest BCUT2D eigenvalue weighted by Gasteiger charge is 2.15. The summed E-state index contributed by atoms with van der Waals surface area (Å²) in [6.45, 7) is 1.65. The molecule has 0 aliphatic rings.